The summed E-state index contributed by atoms with van der Waals surface area (Å²) in [6.45, 7) is 10.1. The van der Waals surface area contributed by atoms with E-state index in [0.29, 0.717) is 29.7 Å². The molecule has 0 unspecified atom stereocenters. The monoisotopic (exact) mass is 469 g/mol. The average Bonchev–Trinajstić information content (AvgIpc) is 2.79. The summed E-state index contributed by atoms with van der Waals surface area (Å²) in [5, 5.41) is 17.3. The van der Waals surface area contributed by atoms with Crippen molar-refractivity contribution in [2.24, 2.45) is 5.92 Å². The summed E-state index contributed by atoms with van der Waals surface area (Å²) < 4.78 is 21.3. The highest BCUT2D eigenvalue weighted by Crippen LogP contribution is 2.47. The van der Waals surface area contributed by atoms with Crippen LogP contribution in [-0.2, 0) is 4.79 Å². The van der Waals surface area contributed by atoms with Crippen LogP contribution in [-0.4, -0.2) is 22.9 Å². The summed E-state index contributed by atoms with van der Waals surface area (Å²) in [7, 11) is 0. The van der Waals surface area contributed by atoms with Gasteiger partial charge < -0.3 is 9.84 Å². The smallest absolute Gasteiger partial charge is 0.354 e. The number of carbonyl (C=O) groups is 1. The van der Waals surface area contributed by atoms with Crippen molar-refractivity contribution in [1.29, 1.82) is 5.41 Å². The molecular formula is C29H40FNO3. The first-order valence-corrected chi connectivity index (χ1v) is 12.7. The molecule has 3 rings (SSSR count). The molecule has 0 spiro atoms. The van der Waals surface area contributed by atoms with Gasteiger partial charge in [-0.05, 0) is 73.8 Å². The minimum Gasteiger partial charge on any atom is -0.490 e. The second kappa shape index (κ2) is 13.3. The molecule has 0 saturated heterocycles. The second-order valence-corrected chi connectivity index (χ2v) is 8.96. The minimum absolute atomic E-state index is 0.0365. The first kappa shape index (κ1) is 27.6. The Morgan fingerprint density at radius 3 is 2.38 bits per heavy atom. The number of allylic oxidation sites excluding steroid dienone is 5. The van der Waals surface area contributed by atoms with Gasteiger partial charge in [0.25, 0.3) is 0 Å². The summed E-state index contributed by atoms with van der Waals surface area (Å²) in [6, 6.07) is 5.50. The van der Waals surface area contributed by atoms with Crippen molar-refractivity contribution in [3.63, 3.8) is 0 Å². The van der Waals surface area contributed by atoms with Gasteiger partial charge in [-0.2, -0.15) is 0 Å². The summed E-state index contributed by atoms with van der Waals surface area (Å²) in [6.07, 6.45) is 10.9. The number of carboxylic acid groups (broad SMARTS) is 1. The SMILES string of the molecule is C/C=C(\C(=N)C(=O)O)c1ccc(OC(CC)CC)c(C2=CCCC(F)=C2C2CCC2)c1.CCC. The number of carboxylic acids is 1. The summed E-state index contributed by atoms with van der Waals surface area (Å²) >= 11 is 0. The first-order chi connectivity index (χ1) is 16.3. The quantitative estimate of drug-likeness (QED) is 0.357. The van der Waals surface area contributed by atoms with Crippen LogP contribution in [0.3, 0.4) is 0 Å². The largest absolute Gasteiger partial charge is 0.490 e. The van der Waals surface area contributed by atoms with Gasteiger partial charge in [-0.25, -0.2) is 9.18 Å². The van der Waals surface area contributed by atoms with Crippen LogP contribution in [0.2, 0.25) is 0 Å². The standard InChI is InChI=1S/C26H32FNO3.C3H8/c1-4-18(5-2)31-23-14-13-17(19(6-3)25(28)26(29)30)15-21(23)20-11-8-12-22(27)24(20)16-9-7-10-16;1-3-2/h6,11,13-16,18,28H,4-5,7-10,12H2,1-3H3,(H,29,30);3H2,1-2H3/b19-6-,28-25?;. The van der Waals surface area contributed by atoms with E-state index in [1.165, 1.54) is 6.42 Å². The molecule has 4 nitrogen and oxygen atoms in total. The van der Waals surface area contributed by atoms with Crippen LogP contribution in [0.4, 0.5) is 4.39 Å². The van der Waals surface area contributed by atoms with Gasteiger partial charge >= 0.3 is 5.97 Å². The van der Waals surface area contributed by atoms with E-state index in [4.69, 9.17) is 10.1 Å². The Hall–Kier alpha value is -2.69. The molecule has 1 fully saturated rings. The van der Waals surface area contributed by atoms with Gasteiger partial charge in [0.05, 0.1) is 6.10 Å². The highest BCUT2D eigenvalue weighted by atomic mass is 19.1. The molecule has 0 radical (unpaired) electrons. The van der Waals surface area contributed by atoms with Crippen LogP contribution in [0.1, 0.15) is 97.1 Å². The van der Waals surface area contributed by atoms with Gasteiger partial charge in [-0.15, -0.1) is 0 Å². The molecule has 2 aliphatic carbocycles. The highest BCUT2D eigenvalue weighted by Gasteiger charge is 2.31. The number of ether oxygens (including phenoxy) is 1. The van der Waals surface area contributed by atoms with Crippen LogP contribution >= 0.6 is 0 Å². The lowest BCUT2D eigenvalue weighted by Gasteiger charge is -2.33. The van der Waals surface area contributed by atoms with Crippen molar-refractivity contribution in [2.75, 3.05) is 0 Å². The lowest BCUT2D eigenvalue weighted by atomic mass is 9.73. The third kappa shape index (κ3) is 6.46. The van der Waals surface area contributed by atoms with Crippen molar-refractivity contribution >= 4 is 22.8 Å². The van der Waals surface area contributed by atoms with Gasteiger partial charge in [0.15, 0.2) is 0 Å². The van der Waals surface area contributed by atoms with E-state index in [1.807, 2.05) is 12.1 Å². The molecule has 0 amide bonds. The maximum atomic E-state index is 15.0. The van der Waals surface area contributed by atoms with Crippen LogP contribution in [0.25, 0.3) is 11.1 Å². The number of rotatable bonds is 9. The fraction of sp³-hybridized carbons (Fsp3) is 0.517. The second-order valence-electron chi connectivity index (χ2n) is 8.96. The van der Waals surface area contributed by atoms with E-state index in [9.17, 15) is 9.90 Å². The van der Waals surface area contributed by atoms with E-state index in [1.54, 1.807) is 19.1 Å². The maximum absolute atomic E-state index is 15.0. The van der Waals surface area contributed by atoms with E-state index >= 15 is 4.39 Å². The predicted octanol–water partition coefficient (Wildman–Crippen LogP) is 8.38. The van der Waals surface area contributed by atoms with Crippen molar-refractivity contribution in [1.82, 2.24) is 0 Å². The van der Waals surface area contributed by atoms with Crippen molar-refractivity contribution in [3.05, 3.63) is 52.9 Å². The molecule has 0 aliphatic heterocycles. The molecule has 1 aromatic rings. The van der Waals surface area contributed by atoms with Gasteiger partial charge in [-0.1, -0.05) is 58.8 Å². The topological polar surface area (TPSA) is 70.4 Å². The molecule has 0 heterocycles. The zero-order valence-electron chi connectivity index (χ0n) is 21.3. The Morgan fingerprint density at radius 2 is 1.88 bits per heavy atom. The zero-order valence-corrected chi connectivity index (χ0v) is 21.3. The Labute approximate surface area is 204 Å². The van der Waals surface area contributed by atoms with Crippen LogP contribution in [0.15, 0.2) is 41.8 Å². The van der Waals surface area contributed by atoms with E-state index in [0.717, 1.165) is 48.8 Å². The third-order valence-corrected chi connectivity index (χ3v) is 6.37. The Balaban J connectivity index is 0.00000129. The van der Waals surface area contributed by atoms with Gasteiger partial charge in [0, 0.05) is 17.6 Å². The third-order valence-electron chi connectivity index (χ3n) is 6.37. The van der Waals surface area contributed by atoms with Gasteiger partial charge in [0.1, 0.15) is 17.3 Å². The van der Waals surface area contributed by atoms with Crippen molar-refractivity contribution in [2.45, 2.75) is 92.1 Å². The first-order valence-electron chi connectivity index (χ1n) is 12.7. The maximum Gasteiger partial charge on any atom is 0.354 e. The zero-order chi connectivity index (χ0) is 25.3. The molecule has 2 N–H and O–H groups in total. The molecule has 5 heteroatoms. The number of hydrogen-bond donors (Lipinski definition) is 2. The molecule has 186 valence electrons. The lowest BCUT2D eigenvalue weighted by Crippen LogP contribution is -2.19. The summed E-state index contributed by atoms with van der Waals surface area (Å²) in [5.41, 5.74) is 2.96. The average molecular weight is 470 g/mol. The molecule has 0 aromatic heterocycles. The predicted molar refractivity (Wildman–Crippen MR) is 139 cm³/mol. The van der Waals surface area contributed by atoms with Crippen molar-refractivity contribution < 1.29 is 19.0 Å². The summed E-state index contributed by atoms with van der Waals surface area (Å²) in [4.78, 5) is 11.4. The van der Waals surface area contributed by atoms with Crippen molar-refractivity contribution in [3.8, 4) is 5.75 Å². The Bertz CT molecular complexity index is 966. The lowest BCUT2D eigenvalue weighted by molar-refractivity contribution is -0.129. The van der Waals surface area contributed by atoms with Gasteiger partial charge in [-0.3, -0.25) is 5.41 Å². The molecule has 1 saturated carbocycles. The number of aliphatic carboxylic acids is 1. The molecule has 34 heavy (non-hydrogen) atoms. The van der Waals surface area contributed by atoms with Crippen LogP contribution in [0, 0.1) is 11.3 Å². The molecule has 1 aromatic carbocycles. The molecule has 0 atom stereocenters. The number of nitrogens with one attached hydrogen (secondary N) is 1. The molecule has 2 aliphatic rings. The van der Waals surface area contributed by atoms with Crippen LogP contribution in [0.5, 0.6) is 5.75 Å². The minimum atomic E-state index is -1.27. The normalized spacial score (nSPS) is 16.4. The number of halogens is 1. The number of benzene rings is 1. The summed E-state index contributed by atoms with van der Waals surface area (Å²) in [5.74, 6) is -0.391. The molecule has 0 bridgehead atoms. The van der Waals surface area contributed by atoms with Gasteiger partial charge in [0.2, 0.25) is 0 Å². The molecular weight excluding hydrogens is 429 g/mol. The van der Waals surface area contributed by atoms with Crippen LogP contribution < -0.4 is 4.74 Å². The Kier molecular flexibility index (Phi) is 10.7. The fourth-order valence-electron chi connectivity index (χ4n) is 4.34. The van der Waals surface area contributed by atoms with E-state index < -0.39 is 11.7 Å². The number of hydrogen-bond acceptors (Lipinski definition) is 3. The van der Waals surface area contributed by atoms with E-state index in [2.05, 4.69) is 33.8 Å². The Morgan fingerprint density at radius 1 is 1.24 bits per heavy atom. The highest BCUT2D eigenvalue weighted by molar-refractivity contribution is 6.52. The van der Waals surface area contributed by atoms with E-state index in [-0.39, 0.29) is 17.8 Å². The fourth-order valence-corrected chi connectivity index (χ4v) is 4.34.